The van der Waals surface area contributed by atoms with Gasteiger partial charge < -0.3 is 10.1 Å². The predicted octanol–water partition coefficient (Wildman–Crippen LogP) is 2.66. The van der Waals surface area contributed by atoms with Gasteiger partial charge in [0.2, 0.25) is 5.82 Å². The van der Waals surface area contributed by atoms with Gasteiger partial charge in [-0.1, -0.05) is 12.1 Å². The average Bonchev–Trinajstić information content (AvgIpc) is 2.62. The Balaban J connectivity index is 2.10. The summed E-state index contributed by atoms with van der Waals surface area (Å²) in [6.07, 6.45) is 0.156. The first kappa shape index (κ1) is 20.2. The number of nitro groups is 1. The molecule has 0 fully saturated rings. The molecule has 0 saturated carbocycles. The van der Waals surface area contributed by atoms with Gasteiger partial charge in [-0.15, -0.1) is 0 Å². The summed E-state index contributed by atoms with van der Waals surface area (Å²) >= 11 is 0. The Morgan fingerprint density at radius 1 is 1.26 bits per heavy atom. The fourth-order valence-corrected chi connectivity index (χ4v) is 2.87. The summed E-state index contributed by atoms with van der Waals surface area (Å²) in [5.41, 5.74) is -0.752. The van der Waals surface area contributed by atoms with Crippen molar-refractivity contribution in [1.29, 1.82) is 0 Å². The lowest BCUT2D eigenvalue weighted by Gasteiger charge is -2.14. The number of rotatable bonds is 6. The minimum Gasteiger partial charge on any atom is -0.449 e. The lowest BCUT2D eigenvalue weighted by Crippen LogP contribution is -2.30. The second kappa shape index (κ2) is 8.49. The zero-order chi connectivity index (χ0) is 20.1. The van der Waals surface area contributed by atoms with Crippen LogP contribution < -0.4 is 5.32 Å². The molecule has 2 atom stereocenters. The van der Waals surface area contributed by atoms with E-state index in [1.54, 1.807) is 12.1 Å². The lowest BCUT2D eigenvalue weighted by molar-refractivity contribution is -0.387. The zero-order valence-corrected chi connectivity index (χ0v) is 15.1. The van der Waals surface area contributed by atoms with Gasteiger partial charge in [0.05, 0.1) is 26.2 Å². The Morgan fingerprint density at radius 3 is 2.56 bits per heavy atom. The average molecular weight is 394 g/mol. The van der Waals surface area contributed by atoms with Crippen LogP contribution in [0.15, 0.2) is 47.4 Å². The van der Waals surface area contributed by atoms with E-state index in [0.717, 1.165) is 18.2 Å². The maximum absolute atomic E-state index is 13.3. The zero-order valence-electron chi connectivity index (χ0n) is 14.3. The molecule has 8 nitrogen and oxygen atoms in total. The van der Waals surface area contributed by atoms with Gasteiger partial charge in [0, 0.05) is 18.0 Å². The first-order chi connectivity index (χ1) is 12.7. The SMILES string of the molecule is C[C@H](OC(=O)c1ccccc1[S@](C)=O)C(=O)Nc1ccc(F)c([N+](=O)[O-])c1. The first-order valence-corrected chi connectivity index (χ1v) is 9.14. The molecule has 0 saturated heterocycles. The molecule has 0 aromatic heterocycles. The van der Waals surface area contributed by atoms with Crippen LogP contribution >= 0.6 is 0 Å². The Morgan fingerprint density at radius 2 is 1.93 bits per heavy atom. The number of nitro benzene ring substituents is 1. The maximum atomic E-state index is 13.3. The molecule has 0 aliphatic carbocycles. The van der Waals surface area contributed by atoms with Crippen LogP contribution in [0.25, 0.3) is 0 Å². The van der Waals surface area contributed by atoms with E-state index in [1.807, 2.05) is 0 Å². The third-order valence-corrected chi connectivity index (χ3v) is 4.46. The van der Waals surface area contributed by atoms with E-state index in [2.05, 4.69) is 5.32 Å². The van der Waals surface area contributed by atoms with Crippen LogP contribution in [-0.2, 0) is 20.3 Å². The van der Waals surface area contributed by atoms with E-state index >= 15 is 0 Å². The molecule has 0 heterocycles. The molecule has 0 unspecified atom stereocenters. The first-order valence-electron chi connectivity index (χ1n) is 7.59. The molecule has 10 heteroatoms. The van der Waals surface area contributed by atoms with Crippen molar-refractivity contribution in [3.63, 3.8) is 0 Å². The van der Waals surface area contributed by atoms with Crippen molar-refractivity contribution in [1.82, 2.24) is 0 Å². The molecule has 1 amide bonds. The molecule has 142 valence electrons. The summed E-state index contributed by atoms with van der Waals surface area (Å²) in [5.74, 6) is -2.64. The van der Waals surface area contributed by atoms with E-state index in [-0.39, 0.29) is 16.1 Å². The van der Waals surface area contributed by atoms with E-state index in [1.165, 1.54) is 25.3 Å². The highest BCUT2D eigenvalue weighted by Crippen LogP contribution is 2.22. The van der Waals surface area contributed by atoms with Crippen LogP contribution in [0.3, 0.4) is 0 Å². The highest BCUT2D eigenvalue weighted by atomic mass is 32.2. The maximum Gasteiger partial charge on any atom is 0.340 e. The summed E-state index contributed by atoms with van der Waals surface area (Å²) in [4.78, 5) is 34.5. The Bertz CT molecular complexity index is 933. The second-order valence-electron chi connectivity index (χ2n) is 5.41. The monoisotopic (exact) mass is 394 g/mol. The van der Waals surface area contributed by atoms with Crippen LogP contribution in [0.1, 0.15) is 17.3 Å². The smallest absolute Gasteiger partial charge is 0.340 e. The normalized spacial score (nSPS) is 12.7. The number of carbonyl (C=O) groups excluding carboxylic acids is 2. The van der Waals surface area contributed by atoms with Gasteiger partial charge in [-0.2, -0.15) is 4.39 Å². The largest absolute Gasteiger partial charge is 0.449 e. The van der Waals surface area contributed by atoms with Gasteiger partial charge in [-0.25, -0.2) is 4.79 Å². The molecule has 0 aliphatic rings. The van der Waals surface area contributed by atoms with Crippen molar-refractivity contribution in [3.8, 4) is 0 Å². The third-order valence-electron chi connectivity index (χ3n) is 3.48. The van der Waals surface area contributed by atoms with Gasteiger partial charge in [0.1, 0.15) is 0 Å². The number of hydrogen-bond acceptors (Lipinski definition) is 6. The second-order valence-corrected chi connectivity index (χ2v) is 6.76. The molecular weight excluding hydrogens is 379 g/mol. The van der Waals surface area contributed by atoms with E-state index in [0.29, 0.717) is 0 Å². The molecule has 2 aromatic carbocycles. The molecule has 0 radical (unpaired) electrons. The van der Waals surface area contributed by atoms with Gasteiger partial charge in [-0.3, -0.25) is 19.1 Å². The quantitative estimate of drug-likeness (QED) is 0.457. The predicted molar refractivity (Wildman–Crippen MR) is 95.3 cm³/mol. The number of benzene rings is 2. The summed E-state index contributed by atoms with van der Waals surface area (Å²) in [6, 6.07) is 8.96. The van der Waals surface area contributed by atoms with Gasteiger partial charge in [-0.05, 0) is 31.2 Å². The van der Waals surface area contributed by atoms with Crippen molar-refractivity contribution in [2.24, 2.45) is 0 Å². The lowest BCUT2D eigenvalue weighted by atomic mass is 10.2. The van der Waals surface area contributed by atoms with Crippen molar-refractivity contribution in [2.75, 3.05) is 11.6 Å². The van der Waals surface area contributed by atoms with Crippen molar-refractivity contribution >= 4 is 34.1 Å². The van der Waals surface area contributed by atoms with E-state index < -0.39 is 45.2 Å². The van der Waals surface area contributed by atoms with E-state index in [4.69, 9.17) is 4.74 Å². The van der Waals surface area contributed by atoms with Gasteiger partial charge in [0.15, 0.2) is 6.10 Å². The summed E-state index contributed by atoms with van der Waals surface area (Å²) in [5, 5.41) is 13.1. The fourth-order valence-electron chi connectivity index (χ4n) is 2.14. The summed E-state index contributed by atoms with van der Waals surface area (Å²) in [7, 11) is -1.43. The number of halogens is 1. The molecular formula is C17H15FN2O6S. The fraction of sp³-hybridized carbons (Fsp3) is 0.176. The Labute approximate surface area is 155 Å². The van der Waals surface area contributed by atoms with Crippen molar-refractivity contribution in [2.45, 2.75) is 17.9 Å². The number of amides is 1. The number of nitrogens with zero attached hydrogens (tertiary/aromatic N) is 1. The van der Waals surface area contributed by atoms with Crippen LogP contribution in [0, 0.1) is 15.9 Å². The summed E-state index contributed by atoms with van der Waals surface area (Å²) < 4.78 is 30.1. The standard InChI is InChI=1S/C17H15FN2O6S/c1-10(26-17(22)12-5-3-4-6-15(12)27(2)25)16(21)19-11-7-8-13(18)14(9-11)20(23)24/h3-10H,1-2H3,(H,19,21)/t10-,27-/m0/s1. The number of esters is 1. The Hall–Kier alpha value is -3.14. The van der Waals surface area contributed by atoms with Crippen molar-refractivity contribution < 1.29 is 27.8 Å². The molecule has 1 N–H and O–H groups in total. The van der Waals surface area contributed by atoms with E-state index in [9.17, 15) is 28.3 Å². The van der Waals surface area contributed by atoms with Crippen LogP contribution in [0.5, 0.6) is 0 Å². The number of ether oxygens (including phenoxy) is 1. The van der Waals surface area contributed by atoms with Crippen LogP contribution in [0.4, 0.5) is 15.8 Å². The summed E-state index contributed by atoms with van der Waals surface area (Å²) in [6.45, 7) is 1.30. The minimum absolute atomic E-state index is 0.0222. The van der Waals surface area contributed by atoms with Gasteiger partial charge in [0.25, 0.3) is 5.91 Å². The number of hydrogen-bond donors (Lipinski definition) is 1. The number of nitrogens with one attached hydrogen (secondary N) is 1. The molecule has 0 bridgehead atoms. The molecule has 2 aromatic rings. The molecule has 27 heavy (non-hydrogen) atoms. The molecule has 2 rings (SSSR count). The van der Waals surface area contributed by atoms with Crippen molar-refractivity contribution in [3.05, 3.63) is 64.0 Å². The number of anilines is 1. The topological polar surface area (TPSA) is 116 Å². The third kappa shape index (κ3) is 4.94. The van der Waals surface area contributed by atoms with Crippen LogP contribution in [-0.4, -0.2) is 33.4 Å². The Kier molecular flexibility index (Phi) is 6.35. The van der Waals surface area contributed by atoms with Gasteiger partial charge >= 0.3 is 11.7 Å². The highest BCUT2D eigenvalue weighted by molar-refractivity contribution is 7.84. The molecule has 0 aliphatic heterocycles. The number of carbonyl (C=O) groups is 2. The minimum atomic E-state index is -1.43. The molecule has 0 spiro atoms. The highest BCUT2D eigenvalue weighted by Gasteiger charge is 2.23. The van der Waals surface area contributed by atoms with Crippen LogP contribution in [0.2, 0.25) is 0 Å².